The standard InChI is InChI=1S/C24H29N3O4/c1-4-26(5-2)14-7-15-27-21(17-10-12-25-13-11-17)20(23(29)24(27)30)22(28)18-8-6-9-19(16-18)31-3/h6,8-13,16,21,28H,4-5,7,14-15H2,1-3H3/t21-/m1/s1. The summed E-state index contributed by atoms with van der Waals surface area (Å²) in [5, 5.41) is 11.1. The summed E-state index contributed by atoms with van der Waals surface area (Å²) < 4.78 is 5.24. The molecule has 1 aromatic carbocycles. The number of methoxy groups -OCH3 is 1. The third-order valence-electron chi connectivity index (χ3n) is 5.67. The van der Waals surface area contributed by atoms with E-state index in [-0.39, 0.29) is 11.3 Å². The van der Waals surface area contributed by atoms with E-state index >= 15 is 0 Å². The number of aliphatic hydroxyl groups excluding tert-OH is 1. The highest BCUT2D eigenvalue weighted by Gasteiger charge is 2.45. The van der Waals surface area contributed by atoms with Gasteiger partial charge < -0.3 is 19.6 Å². The number of amides is 1. The van der Waals surface area contributed by atoms with Crippen molar-refractivity contribution >= 4 is 17.4 Å². The smallest absolute Gasteiger partial charge is 0.295 e. The average Bonchev–Trinajstić information content (AvgIpc) is 3.07. The van der Waals surface area contributed by atoms with E-state index in [0.29, 0.717) is 17.9 Å². The van der Waals surface area contributed by atoms with Gasteiger partial charge in [-0.25, -0.2) is 0 Å². The van der Waals surface area contributed by atoms with Gasteiger partial charge in [0, 0.05) is 24.5 Å². The molecule has 31 heavy (non-hydrogen) atoms. The second-order valence-corrected chi connectivity index (χ2v) is 7.39. The van der Waals surface area contributed by atoms with Gasteiger partial charge in [-0.2, -0.15) is 0 Å². The Morgan fingerprint density at radius 3 is 2.52 bits per heavy atom. The predicted octanol–water partition coefficient (Wildman–Crippen LogP) is 3.24. The maximum atomic E-state index is 13.0. The normalized spacial score (nSPS) is 18.1. The first-order valence-electron chi connectivity index (χ1n) is 10.6. The molecule has 0 unspecified atom stereocenters. The zero-order chi connectivity index (χ0) is 22.4. The SMILES string of the molecule is CCN(CC)CCCN1C(=O)C(=O)C(=C(O)c2cccc(OC)c2)[C@H]1c1ccncc1. The summed E-state index contributed by atoms with van der Waals surface area (Å²) in [6.07, 6.45) is 3.98. The van der Waals surface area contributed by atoms with Gasteiger partial charge in [0.1, 0.15) is 11.5 Å². The molecule has 2 aromatic rings. The summed E-state index contributed by atoms with van der Waals surface area (Å²) in [5.74, 6) is -0.918. The van der Waals surface area contributed by atoms with Crippen LogP contribution in [-0.2, 0) is 9.59 Å². The molecule has 0 saturated carbocycles. The highest BCUT2D eigenvalue weighted by atomic mass is 16.5. The number of aliphatic hydroxyl groups is 1. The highest BCUT2D eigenvalue weighted by Crippen LogP contribution is 2.39. The zero-order valence-electron chi connectivity index (χ0n) is 18.2. The van der Waals surface area contributed by atoms with E-state index in [9.17, 15) is 14.7 Å². The van der Waals surface area contributed by atoms with Crippen LogP contribution in [0.2, 0.25) is 0 Å². The Morgan fingerprint density at radius 1 is 1.16 bits per heavy atom. The van der Waals surface area contributed by atoms with Crippen molar-refractivity contribution < 1.29 is 19.4 Å². The van der Waals surface area contributed by atoms with Crippen LogP contribution in [0.4, 0.5) is 0 Å². The number of benzene rings is 1. The number of pyridine rings is 1. The van der Waals surface area contributed by atoms with Crippen molar-refractivity contribution in [1.82, 2.24) is 14.8 Å². The van der Waals surface area contributed by atoms with E-state index in [1.165, 1.54) is 7.11 Å². The summed E-state index contributed by atoms with van der Waals surface area (Å²) in [6, 6.07) is 9.70. The molecular formula is C24H29N3O4. The van der Waals surface area contributed by atoms with E-state index in [1.54, 1.807) is 53.7 Å². The van der Waals surface area contributed by atoms with Crippen LogP contribution in [0.1, 0.15) is 37.4 Å². The molecule has 1 atom stereocenters. The van der Waals surface area contributed by atoms with Crippen LogP contribution in [-0.4, -0.2) is 64.9 Å². The molecule has 3 rings (SSSR count). The minimum Gasteiger partial charge on any atom is -0.507 e. The number of hydrogen-bond acceptors (Lipinski definition) is 6. The molecule has 164 valence electrons. The molecule has 1 saturated heterocycles. The minimum absolute atomic E-state index is 0.0901. The van der Waals surface area contributed by atoms with Crippen molar-refractivity contribution in [3.8, 4) is 5.75 Å². The lowest BCUT2D eigenvalue weighted by molar-refractivity contribution is -0.140. The molecule has 7 nitrogen and oxygen atoms in total. The quantitative estimate of drug-likeness (QED) is 0.379. The lowest BCUT2D eigenvalue weighted by Gasteiger charge is -2.26. The Bertz CT molecular complexity index is 954. The molecule has 2 heterocycles. The molecule has 1 aliphatic heterocycles. The first-order valence-corrected chi connectivity index (χ1v) is 10.6. The van der Waals surface area contributed by atoms with Crippen molar-refractivity contribution in [2.45, 2.75) is 26.3 Å². The number of nitrogens with zero attached hydrogens (tertiary/aromatic N) is 3. The molecular weight excluding hydrogens is 394 g/mol. The number of likely N-dealkylation sites (tertiary alicyclic amines) is 1. The van der Waals surface area contributed by atoms with E-state index in [0.717, 1.165) is 31.6 Å². The summed E-state index contributed by atoms with van der Waals surface area (Å²) in [6.45, 7) is 7.30. The van der Waals surface area contributed by atoms with Gasteiger partial charge in [-0.1, -0.05) is 26.0 Å². The van der Waals surface area contributed by atoms with Gasteiger partial charge >= 0.3 is 0 Å². The number of ether oxygens (including phenoxy) is 1. The van der Waals surface area contributed by atoms with Gasteiger partial charge in [-0.15, -0.1) is 0 Å². The predicted molar refractivity (Wildman–Crippen MR) is 119 cm³/mol. The fraction of sp³-hybridized carbons (Fsp3) is 0.375. The van der Waals surface area contributed by atoms with Crippen LogP contribution in [0.3, 0.4) is 0 Å². The lowest BCUT2D eigenvalue weighted by Crippen LogP contribution is -2.33. The largest absolute Gasteiger partial charge is 0.507 e. The van der Waals surface area contributed by atoms with E-state index in [1.807, 2.05) is 0 Å². The third-order valence-corrected chi connectivity index (χ3v) is 5.67. The first-order chi connectivity index (χ1) is 15.0. The van der Waals surface area contributed by atoms with Crippen LogP contribution in [0.25, 0.3) is 5.76 Å². The van der Waals surface area contributed by atoms with Crippen LogP contribution < -0.4 is 4.74 Å². The number of aromatic nitrogens is 1. The molecule has 1 aliphatic rings. The van der Waals surface area contributed by atoms with Gasteiger partial charge in [-0.05, 0) is 55.9 Å². The van der Waals surface area contributed by atoms with Crippen LogP contribution >= 0.6 is 0 Å². The lowest BCUT2D eigenvalue weighted by atomic mass is 9.96. The molecule has 1 fully saturated rings. The van der Waals surface area contributed by atoms with Gasteiger partial charge in [0.15, 0.2) is 0 Å². The van der Waals surface area contributed by atoms with Crippen molar-refractivity contribution in [3.63, 3.8) is 0 Å². The number of hydrogen-bond donors (Lipinski definition) is 1. The summed E-state index contributed by atoms with van der Waals surface area (Å²) in [4.78, 5) is 33.8. The monoisotopic (exact) mass is 423 g/mol. The van der Waals surface area contributed by atoms with Crippen molar-refractivity contribution in [2.24, 2.45) is 0 Å². The molecule has 7 heteroatoms. The number of carbonyl (C=O) groups is 2. The number of rotatable bonds is 9. The Hall–Kier alpha value is -3.19. The Morgan fingerprint density at radius 2 is 1.87 bits per heavy atom. The van der Waals surface area contributed by atoms with E-state index in [4.69, 9.17) is 4.74 Å². The first kappa shape index (κ1) is 22.5. The van der Waals surface area contributed by atoms with Crippen LogP contribution in [0, 0.1) is 0 Å². The number of carbonyl (C=O) groups excluding carboxylic acids is 2. The molecule has 1 amide bonds. The maximum absolute atomic E-state index is 13.0. The maximum Gasteiger partial charge on any atom is 0.295 e. The Balaban J connectivity index is 2.01. The van der Waals surface area contributed by atoms with Gasteiger partial charge in [0.05, 0.1) is 18.7 Å². The number of Topliss-reactive ketones (excluding diaryl/α,β-unsaturated/α-hetero) is 1. The second kappa shape index (κ2) is 10.2. The molecule has 0 spiro atoms. The summed E-state index contributed by atoms with van der Waals surface area (Å²) in [5.41, 5.74) is 1.26. The Labute approximate surface area is 183 Å². The molecule has 1 aromatic heterocycles. The van der Waals surface area contributed by atoms with Crippen molar-refractivity contribution in [1.29, 1.82) is 0 Å². The molecule has 1 N–H and O–H groups in total. The van der Waals surface area contributed by atoms with Crippen molar-refractivity contribution in [3.05, 3.63) is 65.5 Å². The molecule has 0 bridgehead atoms. The van der Waals surface area contributed by atoms with Gasteiger partial charge in [-0.3, -0.25) is 14.6 Å². The summed E-state index contributed by atoms with van der Waals surface area (Å²) in [7, 11) is 1.53. The minimum atomic E-state index is -0.676. The molecule has 0 radical (unpaired) electrons. The van der Waals surface area contributed by atoms with E-state index in [2.05, 4.69) is 23.7 Å². The highest BCUT2D eigenvalue weighted by molar-refractivity contribution is 6.46. The molecule has 0 aliphatic carbocycles. The second-order valence-electron chi connectivity index (χ2n) is 7.39. The van der Waals surface area contributed by atoms with Crippen LogP contribution in [0.15, 0.2) is 54.4 Å². The van der Waals surface area contributed by atoms with Crippen molar-refractivity contribution in [2.75, 3.05) is 33.3 Å². The average molecular weight is 424 g/mol. The van der Waals surface area contributed by atoms with Crippen LogP contribution in [0.5, 0.6) is 5.75 Å². The van der Waals surface area contributed by atoms with E-state index < -0.39 is 17.7 Å². The fourth-order valence-electron chi connectivity index (χ4n) is 3.93. The topological polar surface area (TPSA) is 83.0 Å². The summed E-state index contributed by atoms with van der Waals surface area (Å²) >= 11 is 0. The van der Waals surface area contributed by atoms with Gasteiger partial charge in [0.25, 0.3) is 11.7 Å². The zero-order valence-corrected chi connectivity index (χ0v) is 18.2. The Kier molecular flexibility index (Phi) is 7.41. The fourth-order valence-corrected chi connectivity index (χ4v) is 3.93. The van der Waals surface area contributed by atoms with Gasteiger partial charge in [0.2, 0.25) is 0 Å². The number of ketones is 1. The third kappa shape index (κ3) is 4.77.